The van der Waals surface area contributed by atoms with Gasteiger partial charge in [-0.3, -0.25) is 9.48 Å². The van der Waals surface area contributed by atoms with Crippen LogP contribution in [0.3, 0.4) is 0 Å². The normalized spacial score (nSPS) is 11.0. The van der Waals surface area contributed by atoms with Crippen molar-refractivity contribution in [1.29, 1.82) is 0 Å². The van der Waals surface area contributed by atoms with E-state index in [4.69, 9.17) is 0 Å². The molecule has 1 heterocycles. The van der Waals surface area contributed by atoms with Gasteiger partial charge in [-0.1, -0.05) is 24.3 Å². The van der Waals surface area contributed by atoms with Crippen molar-refractivity contribution in [3.8, 4) is 5.75 Å². The first-order chi connectivity index (χ1) is 9.16. The van der Waals surface area contributed by atoms with Crippen molar-refractivity contribution in [3.63, 3.8) is 0 Å². The third-order valence-electron chi connectivity index (χ3n) is 3.35. The van der Waals surface area contributed by atoms with Crippen LogP contribution in [0.5, 0.6) is 5.75 Å². The molecule has 1 aromatic heterocycles. The summed E-state index contributed by atoms with van der Waals surface area (Å²) in [4.78, 5) is 12.3. The lowest BCUT2D eigenvalue weighted by atomic mass is 10.2. The van der Waals surface area contributed by atoms with E-state index in [-0.39, 0.29) is 11.3 Å². The molecule has 0 bridgehead atoms. The molecular formula is C15H14N2O2. The number of para-hydroxylation sites is 1. The van der Waals surface area contributed by atoms with E-state index in [0.29, 0.717) is 6.54 Å². The molecule has 4 heteroatoms. The zero-order chi connectivity index (χ0) is 13.4. The molecule has 0 aliphatic rings. The molecule has 3 rings (SSSR count). The smallest absolute Gasteiger partial charge is 0.274 e. The highest BCUT2D eigenvalue weighted by Gasteiger charge is 2.09. The molecule has 0 spiro atoms. The Morgan fingerprint density at radius 2 is 1.74 bits per heavy atom. The fraction of sp³-hybridized carbons (Fsp3) is 0.133. The molecule has 0 amide bonds. The molecule has 1 N–H and O–H groups in total. The highest BCUT2D eigenvalue weighted by Crippen LogP contribution is 2.13. The van der Waals surface area contributed by atoms with E-state index in [1.165, 1.54) is 0 Å². The maximum absolute atomic E-state index is 12.3. The predicted octanol–water partition coefficient (Wildman–Crippen LogP) is 2.09. The lowest BCUT2D eigenvalue weighted by Gasteiger charge is -2.07. The Balaban J connectivity index is 2.10. The second kappa shape index (κ2) is 4.31. The molecule has 0 unspecified atom stereocenters. The number of aromatic hydroxyl groups is 1. The minimum absolute atomic E-state index is 0.00572. The Morgan fingerprint density at radius 3 is 2.42 bits per heavy atom. The number of phenols is 1. The minimum atomic E-state index is 0.00572. The highest BCUT2D eigenvalue weighted by atomic mass is 16.3. The Labute approximate surface area is 110 Å². The second-order valence-corrected chi connectivity index (χ2v) is 4.57. The number of phenolic OH excluding ortho intramolecular Hbond substituents is 1. The first kappa shape index (κ1) is 11.6. The molecule has 96 valence electrons. The maximum Gasteiger partial charge on any atom is 0.274 e. The molecule has 2 aromatic carbocycles. The van der Waals surface area contributed by atoms with Crippen LogP contribution in [-0.4, -0.2) is 14.5 Å². The summed E-state index contributed by atoms with van der Waals surface area (Å²) >= 11 is 0. The number of benzene rings is 2. The van der Waals surface area contributed by atoms with Crippen molar-refractivity contribution in [1.82, 2.24) is 9.36 Å². The third-order valence-corrected chi connectivity index (χ3v) is 3.35. The average molecular weight is 254 g/mol. The fourth-order valence-corrected chi connectivity index (χ4v) is 2.29. The number of hydrogen-bond donors (Lipinski definition) is 1. The van der Waals surface area contributed by atoms with Crippen molar-refractivity contribution in [3.05, 3.63) is 64.4 Å². The zero-order valence-corrected chi connectivity index (χ0v) is 10.6. The Morgan fingerprint density at radius 1 is 1.05 bits per heavy atom. The van der Waals surface area contributed by atoms with Crippen LogP contribution in [0.4, 0.5) is 0 Å². The lowest BCUT2D eigenvalue weighted by molar-refractivity contribution is 0.474. The molecule has 3 aromatic rings. The first-order valence-corrected chi connectivity index (χ1v) is 6.09. The van der Waals surface area contributed by atoms with Crippen molar-refractivity contribution >= 4 is 10.9 Å². The van der Waals surface area contributed by atoms with Gasteiger partial charge in [-0.15, -0.1) is 0 Å². The summed E-state index contributed by atoms with van der Waals surface area (Å²) in [6.07, 6.45) is 0. The van der Waals surface area contributed by atoms with Crippen molar-refractivity contribution < 1.29 is 5.11 Å². The third kappa shape index (κ3) is 1.91. The van der Waals surface area contributed by atoms with Crippen LogP contribution in [0.1, 0.15) is 5.56 Å². The van der Waals surface area contributed by atoms with E-state index >= 15 is 0 Å². The van der Waals surface area contributed by atoms with E-state index in [1.54, 1.807) is 16.8 Å². The highest BCUT2D eigenvalue weighted by molar-refractivity contribution is 5.78. The molecule has 0 saturated carbocycles. The maximum atomic E-state index is 12.3. The predicted molar refractivity (Wildman–Crippen MR) is 74.4 cm³/mol. The summed E-state index contributed by atoms with van der Waals surface area (Å²) in [5.41, 5.74) is 1.91. The van der Waals surface area contributed by atoms with Crippen LogP contribution in [-0.2, 0) is 13.6 Å². The summed E-state index contributed by atoms with van der Waals surface area (Å²) in [5, 5.41) is 10.00. The standard InChI is InChI=1S/C15H14N2O2/c1-16-14-5-3-2-4-13(14)15(19)17(16)10-11-6-8-12(18)9-7-11/h2-9,18H,10H2,1H3. The van der Waals surface area contributed by atoms with Crippen LogP contribution < -0.4 is 5.56 Å². The molecule has 0 saturated heterocycles. The van der Waals surface area contributed by atoms with E-state index < -0.39 is 0 Å². The van der Waals surface area contributed by atoms with Gasteiger partial charge in [-0.05, 0) is 29.8 Å². The van der Waals surface area contributed by atoms with Gasteiger partial charge in [0.25, 0.3) is 5.56 Å². The van der Waals surface area contributed by atoms with Gasteiger partial charge in [-0.25, -0.2) is 4.68 Å². The molecule has 0 radical (unpaired) electrons. The minimum Gasteiger partial charge on any atom is -0.508 e. The van der Waals surface area contributed by atoms with Crippen molar-refractivity contribution in [2.24, 2.45) is 7.05 Å². The largest absolute Gasteiger partial charge is 0.508 e. The van der Waals surface area contributed by atoms with E-state index in [0.717, 1.165) is 16.5 Å². The summed E-state index contributed by atoms with van der Waals surface area (Å²) in [7, 11) is 1.88. The topological polar surface area (TPSA) is 47.2 Å². The summed E-state index contributed by atoms with van der Waals surface area (Å²) in [5.74, 6) is 0.230. The molecule has 0 atom stereocenters. The second-order valence-electron chi connectivity index (χ2n) is 4.57. The van der Waals surface area contributed by atoms with Gasteiger partial charge in [0, 0.05) is 7.05 Å². The Kier molecular flexibility index (Phi) is 2.63. The van der Waals surface area contributed by atoms with Crippen LogP contribution >= 0.6 is 0 Å². The van der Waals surface area contributed by atoms with Gasteiger partial charge < -0.3 is 5.11 Å². The fourth-order valence-electron chi connectivity index (χ4n) is 2.29. The molecule has 19 heavy (non-hydrogen) atoms. The number of fused-ring (bicyclic) bond motifs is 1. The quantitative estimate of drug-likeness (QED) is 0.761. The monoisotopic (exact) mass is 254 g/mol. The van der Waals surface area contributed by atoms with Crippen molar-refractivity contribution in [2.45, 2.75) is 6.54 Å². The van der Waals surface area contributed by atoms with Crippen LogP contribution in [0.25, 0.3) is 10.9 Å². The lowest BCUT2D eigenvalue weighted by Crippen LogP contribution is -2.21. The molecule has 0 aliphatic heterocycles. The number of aromatic nitrogens is 2. The Hall–Kier alpha value is -2.49. The van der Waals surface area contributed by atoms with Crippen LogP contribution in [0.2, 0.25) is 0 Å². The van der Waals surface area contributed by atoms with Gasteiger partial charge in [0.05, 0.1) is 17.4 Å². The van der Waals surface area contributed by atoms with Gasteiger partial charge >= 0.3 is 0 Å². The van der Waals surface area contributed by atoms with Gasteiger partial charge in [0.2, 0.25) is 0 Å². The summed E-state index contributed by atoms with van der Waals surface area (Å²) in [6.45, 7) is 0.490. The van der Waals surface area contributed by atoms with Gasteiger partial charge in [0.1, 0.15) is 5.75 Å². The van der Waals surface area contributed by atoms with Crippen LogP contribution in [0, 0.1) is 0 Å². The Bertz CT molecular complexity index is 782. The number of nitrogens with zero attached hydrogens (tertiary/aromatic N) is 2. The van der Waals surface area contributed by atoms with Gasteiger partial charge in [-0.2, -0.15) is 0 Å². The van der Waals surface area contributed by atoms with E-state index in [1.807, 2.05) is 48.1 Å². The summed E-state index contributed by atoms with van der Waals surface area (Å²) < 4.78 is 3.56. The molecular weight excluding hydrogens is 240 g/mol. The number of hydrogen-bond acceptors (Lipinski definition) is 2. The van der Waals surface area contributed by atoms with Gasteiger partial charge in [0.15, 0.2) is 0 Å². The number of rotatable bonds is 2. The van der Waals surface area contributed by atoms with E-state index in [9.17, 15) is 9.90 Å². The zero-order valence-electron chi connectivity index (χ0n) is 10.6. The molecule has 0 fully saturated rings. The van der Waals surface area contributed by atoms with Crippen molar-refractivity contribution in [2.75, 3.05) is 0 Å². The molecule has 4 nitrogen and oxygen atoms in total. The summed E-state index contributed by atoms with van der Waals surface area (Å²) in [6, 6.07) is 14.5. The van der Waals surface area contributed by atoms with E-state index in [2.05, 4.69) is 0 Å². The van der Waals surface area contributed by atoms with Crippen LogP contribution in [0.15, 0.2) is 53.3 Å². The number of aryl methyl sites for hydroxylation is 1. The molecule has 0 aliphatic carbocycles. The first-order valence-electron chi connectivity index (χ1n) is 6.09. The SMILES string of the molecule is Cn1c2ccccc2c(=O)n1Cc1ccc(O)cc1. The average Bonchev–Trinajstić information content (AvgIpc) is 2.67.